The van der Waals surface area contributed by atoms with Crippen LogP contribution < -0.4 is 0 Å². The molecule has 2 bridgehead atoms. The fourth-order valence-electron chi connectivity index (χ4n) is 4.99. The summed E-state index contributed by atoms with van der Waals surface area (Å²) in [5.74, 6) is 0. The van der Waals surface area contributed by atoms with E-state index in [1.54, 1.807) is 0 Å². The summed E-state index contributed by atoms with van der Waals surface area (Å²) in [4.78, 5) is 8.17. The van der Waals surface area contributed by atoms with Gasteiger partial charge in [0.05, 0.1) is 13.2 Å². The number of nitrogens with zero attached hydrogens (tertiary/aromatic N) is 3. The van der Waals surface area contributed by atoms with Gasteiger partial charge in [-0.3, -0.25) is 14.7 Å². The van der Waals surface area contributed by atoms with E-state index in [2.05, 4.69) is 52.0 Å². The maximum Gasteiger partial charge on any atom is 0.0594 e. The molecule has 0 spiro atoms. The van der Waals surface area contributed by atoms with Crippen molar-refractivity contribution in [3.8, 4) is 0 Å². The van der Waals surface area contributed by atoms with E-state index in [0.29, 0.717) is 6.04 Å². The van der Waals surface area contributed by atoms with Crippen molar-refractivity contribution in [3.63, 3.8) is 0 Å². The maximum absolute atomic E-state index is 5.52. The average Bonchev–Trinajstić information content (AvgIpc) is 2.64. The number of hydrogen-bond donors (Lipinski definition) is 0. The van der Waals surface area contributed by atoms with E-state index in [-0.39, 0.29) is 17.9 Å². The molecule has 3 heterocycles. The first kappa shape index (κ1) is 22.6. The minimum Gasteiger partial charge on any atom is -0.412 e. The molecule has 3 atom stereocenters. The molecule has 0 aliphatic carbocycles. The average molecular weight is 398 g/mol. The molecule has 1 aromatic rings. The molecular formula is C21H36ClN3O2. The lowest BCUT2D eigenvalue weighted by molar-refractivity contribution is -0.0396. The van der Waals surface area contributed by atoms with Gasteiger partial charge in [-0.25, -0.2) is 0 Å². The third kappa shape index (κ3) is 5.66. The van der Waals surface area contributed by atoms with Crippen LogP contribution in [0, 0.1) is 0 Å². The zero-order valence-electron chi connectivity index (χ0n) is 16.6. The van der Waals surface area contributed by atoms with E-state index in [4.69, 9.17) is 4.74 Å². The van der Waals surface area contributed by atoms with Crippen LogP contribution in [0.15, 0.2) is 30.3 Å². The van der Waals surface area contributed by atoms with Crippen molar-refractivity contribution in [1.29, 1.82) is 0 Å². The van der Waals surface area contributed by atoms with Crippen LogP contribution in [0.4, 0.5) is 0 Å². The summed E-state index contributed by atoms with van der Waals surface area (Å²) in [6.07, 6.45) is 4.16. The van der Waals surface area contributed by atoms with Crippen molar-refractivity contribution in [3.05, 3.63) is 35.9 Å². The summed E-state index contributed by atoms with van der Waals surface area (Å²) in [5, 5.41) is 0. The number of morpholine rings is 1. The van der Waals surface area contributed by atoms with Gasteiger partial charge in [0.25, 0.3) is 0 Å². The number of rotatable bonds is 5. The lowest BCUT2D eigenvalue weighted by atomic mass is 9.90. The number of fused-ring (bicyclic) bond motifs is 2. The second kappa shape index (κ2) is 10.7. The summed E-state index contributed by atoms with van der Waals surface area (Å²) in [6.45, 7) is 11.2. The molecule has 3 unspecified atom stereocenters. The molecule has 3 aliphatic heterocycles. The van der Waals surface area contributed by atoms with E-state index in [1.165, 1.54) is 44.5 Å². The van der Waals surface area contributed by atoms with Crippen molar-refractivity contribution in [2.75, 3.05) is 45.9 Å². The first-order valence-electron chi connectivity index (χ1n) is 10.1. The summed E-state index contributed by atoms with van der Waals surface area (Å²) in [7, 11) is 0. The van der Waals surface area contributed by atoms with E-state index >= 15 is 0 Å². The first-order chi connectivity index (χ1) is 12.3. The van der Waals surface area contributed by atoms with E-state index < -0.39 is 0 Å². The van der Waals surface area contributed by atoms with Gasteiger partial charge in [-0.1, -0.05) is 36.8 Å². The quantitative estimate of drug-likeness (QED) is 0.762. The molecule has 0 amide bonds. The third-order valence-electron chi connectivity index (χ3n) is 6.34. The Labute approximate surface area is 170 Å². The highest BCUT2D eigenvalue weighted by atomic mass is 35.5. The van der Waals surface area contributed by atoms with Gasteiger partial charge >= 0.3 is 0 Å². The number of halogens is 1. The van der Waals surface area contributed by atoms with Crippen LogP contribution in [0.2, 0.25) is 0 Å². The van der Waals surface area contributed by atoms with Gasteiger partial charge in [-0.05, 0) is 25.3 Å². The minimum absolute atomic E-state index is 0. The van der Waals surface area contributed by atoms with Gasteiger partial charge in [-0.2, -0.15) is 0 Å². The molecule has 6 heteroatoms. The van der Waals surface area contributed by atoms with Crippen LogP contribution in [-0.2, 0) is 11.3 Å². The normalized spacial score (nSPS) is 28.0. The van der Waals surface area contributed by atoms with Crippen LogP contribution >= 0.6 is 12.4 Å². The molecule has 5 nitrogen and oxygen atoms in total. The summed E-state index contributed by atoms with van der Waals surface area (Å²) in [5.41, 5.74) is 1.45. The Bertz CT molecular complexity index is 527. The smallest absolute Gasteiger partial charge is 0.0594 e. The molecule has 2 N–H and O–H groups in total. The Hall–Kier alpha value is -0.690. The molecule has 3 saturated heterocycles. The largest absolute Gasteiger partial charge is 0.412 e. The summed E-state index contributed by atoms with van der Waals surface area (Å²) < 4.78 is 5.52. The molecular weight excluding hydrogens is 362 g/mol. The maximum atomic E-state index is 5.52. The Balaban J connectivity index is 0.00000131. The first-order valence-corrected chi connectivity index (χ1v) is 10.1. The number of piperidine rings is 1. The number of benzene rings is 1. The van der Waals surface area contributed by atoms with Crippen LogP contribution in [-0.4, -0.2) is 84.2 Å². The van der Waals surface area contributed by atoms with Gasteiger partial charge in [-0.15, -0.1) is 12.4 Å². The zero-order chi connectivity index (χ0) is 17.1. The predicted molar refractivity (Wildman–Crippen MR) is 113 cm³/mol. The third-order valence-corrected chi connectivity index (χ3v) is 6.34. The Morgan fingerprint density at radius 1 is 1.04 bits per heavy atom. The summed E-state index contributed by atoms with van der Waals surface area (Å²) in [6, 6.07) is 13.1. The Morgan fingerprint density at radius 2 is 1.67 bits per heavy atom. The fourth-order valence-corrected chi connectivity index (χ4v) is 4.99. The molecule has 0 saturated carbocycles. The molecule has 27 heavy (non-hydrogen) atoms. The molecule has 4 rings (SSSR count). The van der Waals surface area contributed by atoms with E-state index in [1.807, 2.05) is 0 Å². The second-order valence-corrected chi connectivity index (χ2v) is 8.11. The van der Waals surface area contributed by atoms with Crippen molar-refractivity contribution >= 4 is 12.4 Å². The minimum atomic E-state index is 0. The number of hydrogen-bond acceptors (Lipinski definition) is 4. The van der Waals surface area contributed by atoms with E-state index in [0.717, 1.165) is 44.9 Å². The lowest BCUT2D eigenvalue weighted by Gasteiger charge is -2.52. The van der Waals surface area contributed by atoms with Gasteiger partial charge in [0.15, 0.2) is 0 Å². The number of piperazine rings is 1. The van der Waals surface area contributed by atoms with Gasteiger partial charge in [0.1, 0.15) is 0 Å². The van der Waals surface area contributed by atoms with Crippen LogP contribution in [0.1, 0.15) is 31.7 Å². The molecule has 0 radical (unpaired) electrons. The van der Waals surface area contributed by atoms with Crippen LogP contribution in [0.5, 0.6) is 0 Å². The molecule has 3 aliphatic rings. The van der Waals surface area contributed by atoms with Crippen molar-refractivity contribution in [2.24, 2.45) is 0 Å². The fraction of sp³-hybridized carbons (Fsp3) is 0.714. The van der Waals surface area contributed by atoms with Gasteiger partial charge in [0.2, 0.25) is 0 Å². The Kier molecular flexibility index (Phi) is 8.99. The lowest BCUT2D eigenvalue weighted by Crippen LogP contribution is -2.63. The topological polar surface area (TPSA) is 50.5 Å². The number of likely N-dealkylation sites (tertiary alicyclic amines) is 1. The Morgan fingerprint density at radius 3 is 2.30 bits per heavy atom. The highest BCUT2D eigenvalue weighted by Crippen LogP contribution is 2.30. The van der Waals surface area contributed by atoms with Crippen molar-refractivity contribution in [1.82, 2.24) is 14.7 Å². The molecule has 1 aromatic carbocycles. The van der Waals surface area contributed by atoms with Crippen LogP contribution in [0.3, 0.4) is 0 Å². The molecule has 0 aromatic heterocycles. The van der Waals surface area contributed by atoms with Crippen molar-refractivity contribution < 1.29 is 10.2 Å². The van der Waals surface area contributed by atoms with Gasteiger partial charge in [0, 0.05) is 57.4 Å². The second-order valence-electron chi connectivity index (χ2n) is 8.11. The highest BCUT2D eigenvalue weighted by molar-refractivity contribution is 5.85. The standard InChI is InChI=1S/C21H33N3O.ClH.H2O/c1-18(23-10-12-25-13-11-23)14-24-20-8-5-9-21(24)17-22(16-20)15-19-6-3-2-4-7-19;;/h2-4,6-7,18,20-21H,5,8-17H2,1H3;1H;1H2. The highest BCUT2D eigenvalue weighted by Gasteiger charge is 2.38. The molecule has 154 valence electrons. The zero-order valence-corrected chi connectivity index (χ0v) is 17.4. The monoisotopic (exact) mass is 397 g/mol. The summed E-state index contributed by atoms with van der Waals surface area (Å²) >= 11 is 0. The van der Waals surface area contributed by atoms with E-state index in [9.17, 15) is 0 Å². The van der Waals surface area contributed by atoms with Crippen LogP contribution in [0.25, 0.3) is 0 Å². The predicted octanol–water partition coefficient (Wildman–Crippen LogP) is 2.04. The van der Waals surface area contributed by atoms with Crippen molar-refractivity contribution in [2.45, 2.75) is 50.9 Å². The number of ether oxygens (including phenoxy) is 1. The SMILES string of the molecule is CC(CN1C2CCCC1CN(Cc1ccccc1)C2)N1CCOCC1.Cl.O. The van der Waals surface area contributed by atoms with Gasteiger partial charge < -0.3 is 10.2 Å². The molecule has 3 fully saturated rings.